The molecule has 2 aliphatic rings. The van der Waals surface area contributed by atoms with Crippen molar-refractivity contribution in [3.63, 3.8) is 0 Å². The quantitative estimate of drug-likeness (QED) is 0.808. The molecule has 1 saturated heterocycles. The molecule has 4 nitrogen and oxygen atoms in total. The van der Waals surface area contributed by atoms with Crippen LogP contribution >= 0.6 is 24.8 Å². The fraction of sp³-hybridized carbons (Fsp3) is 0.933. The monoisotopic (exact) mass is 339 g/mol. The average molecular weight is 340 g/mol. The minimum absolute atomic E-state index is 0. The molecule has 0 spiro atoms. The van der Waals surface area contributed by atoms with E-state index in [0.29, 0.717) is 0 Å². The van der Waals surface area contributed by atoms with Crippen LogP contribution in [-0.2, 0) is 4.79 Å². The smallest absolute Gasteiger partial charge is 0.223 e. The summed E-state index contributed by atoms with van der Waals surface area (Å²) in [5, 5.41) is 3.10. The van der Waals surface area contributed by atoms with Gasteiger partial charge in [0.1, 0.15) is 0 Å². The van der Waals surface area contributed by atoms with Crippen LogP contribution in [0.1, 0.15) is 51.9 Å². The molecule has 0 aromatic heterocycles. The number of likely N-dealkylation sites (tertiary alicyclic amines) is 1. The number of carbonyl (C=O) groups is 1. The second-order valence-corrected chi connectivity index (χ2v) is 6.15. The summed E-state index contributed by atoms with van der Waals surface area (Å²) >= 11 is 0. The summed E-state index contributed by atoms with van der Waals surface area (Å²) in [5.41, 5.74) is 5.86. The van der Waals surface area contributed by atoms with Crippen molar-refractivity contribution in [2.24, 2.45) is 11.7 Å². The van der Waals surface area contributed by atoms with Gasteiger partial charge in [-0.15, -0.1) is 24.8 Å². The summed E-state index contributed by atoms with van der Waals surface area (Å²) in [5.74, 6) is 0.385. The average Bonchev–Trinajstić information content (AvgIpc) is 2.86. The van der Waals surface area contributed by atoms with Crippen molar-refractivity contribution in [1.29, 1.82) is 0 Å². The van der Waals surface area contributed by atoms with Gasteiger partial charge in [-0.25, -0.2) is 0 Å². The first kappa shape index (κ1) is 21.0. The van der Waals surface area contributed by atoms with Gasteiger partial charge in [0.05, 0.1) is 0 Å². The van der Waals surface area contributed by atoms with E-state index in [-0.39, 0.29) is 42.7 Å². The predicted octanol–water partition coefficient (Wildman–Crippen LogP) is 2.34. The van der Waals surface area contributed by atoms with Crippen molar-refractivity contribution < 1.29 is 4.79 Å². The third-order valence-corrected chi connectivity index (χ3v) is 4.76. The highest BCUT2D eigenvalue weighted by molar-refractivity contribution is 5.85. The molecule has 21 heavy (non-hydrogen) atoms. The zero-order valence-electron chi connectivity index (χ0n) is 13.1. The Balaban J connectivity index is 0.00000200. The summed E-state index contributed by atoms with van der Waals surface area (Å²) in [7, 11) is 0. The molecule has 6 heteroatoms. The molecule has 3 N–H and O–H groups in total. The molecule has 0 radical (unpaired) electrons. The second-order valence-electron chi connectivity index (χ2n) is 6.15. The highest BCUT2D eigenvalue weighted by atomic mass is 35.5. The van der Waals surface area contributed by atoms with Crippen LogP contribution in [0.2, 0.25) is 0 Å². The number of rotatable bonds is 5. The van der Waals surface area contributed by atoms with Gasteiger partial charge >= 0.3 is 0 Å². The van der Waals surface area contributed by atoms with Crippen LogP contribution in [0.4, 0.5) is 0 Å². The normalized spacial score (nSPS) is 29.3. The highest BCUT2D eigenvalue weighted by Crippen LogP contribution is 2.24. The van der Waals surface area contributed by atoms with Crippen LogP contribution in [0.15, 0.2) is 0 Å². The van der Waals surface area contributed by atoms with Gasteiger partial charge in [-0.1, -0.05) is 13.3 Å². The number of carbonyl (C=O) groups excluding carboxylic acids is 1. The maximum Gasteiger partial charge on any atom is 0.223 e. The van der Waals surface area contributed by atoms with E-state index in [1.165, 1.54) is 32.2 Å². The minimum Gasteiger partial charge on any atom is -0.355 e. The van der Waals surface area contributed by atoms with E-state index in [0.717, 1.165) is 38.4 Å². The number of nitrogens with zero attached hydrogens (tertiary/aromatic N) is 1. The Morgan fingerprint density at radius 2 is 2.00 bits per heavy atom. The van der Waals surface area contributed by atoms with Gasteiger partial charge < -0.3 is 11.1 Å². The summed E-state index contributed by atoms with van der Waals surface area (Å²) in [6.07, 6.45) is 8.06. The van der Waals surface area contributed by atoms with E-state index in [2.05, 4.69) is 17.1 Å². The molecule has 3 atom stereocenters. The second kappa shape index (κ2) is 10.7. The Bertz CT molecular complexity index is 305. The topological polar surface area (TPSA) is 58.4 Å². The van der Waals surface area contributed by atoms with Crippen LogP contribution in [-0.4, -0.2) is 42.5 Å². The highest BCUT2D eigenvalue weighted by Gasteiger charge is 2.27. The van der Waals surface area contributed by atoms with Crippen molar-refractivity contribution >= 4 is 30.7 Å². The summed E-state index contributed by atoms with van der Waals surface area (Å²) in [6, 6.07) is 0.966. The van der Waals surface area contributed by atoms with Gasteiger partial charge in [-0.3, -0.25) is 9.69 Å². The molecule has 0 bridgehead atoms. The molecule has 2 fully saturated rings. The SMILES string of the molecule is CCC1CCCCN1CCNC(=O)C1CCC(N)C1.Cl.Cl. The molecule has 2 rings (SSSR count). The first-order chi connectivity index (χ1) is 9.20. The largest absolute Gasteiger partial charge is 0.355 e. The van der Waals surface area contributed by atoms with Crippen LogP contribution in [0.25, 0.3) is 0 Å². The maximum atomic E-state index is 12.0. The summed E-state index contributed by atoms with van der Waals surface area (Å²) in [6.45, 7) is 5.26. The van der Waals surface area contributed by atoms with E-state index in [9.17, 15) is 4.79 Å². The van der Waals surface area contributed by atoms with Gasteiger partial charge in [0.15, 0.2) is 0 Å². The molecule has 1 heterocycles. The van der Waals surface area contributed by atoms with E-state index in [1.807, 2.05) is 0 Å². The molecule has 1 amide bonds. The van der Waals surface area contributed by atoms with Crippen molar-refractivity contribution in [3.05, 3.63) is 0 Å². The third kappa shape index (κ3) is 6.31. The summed E-state index contributed by atoms with van der Waals surface area (Å²) in [4.78, 5) is 14.5. The number of nitrogens with two attached hydrogens (primary N) is 1. The van der Waals surface area contributed by atoms with E-state index >= 15 is 0 Å². The number of piperidine rings is 1. The first-order valence-corrected chi connectivity index (χ1v) is 7.98. The summed E-state index contributed by atoms with van der Waals surface area (Å²) < 4.78 is 0. The first-order valence-electron chi connectivity index (χ1n) is 7.98. The van der Waals surface area contributed by atoms with Crippen LogP contribution in [0.3, 0.4) is 0 Å². The molecular formula is C15H31Cl2N3O. The minimum atomic E-state index is 0. The molecular weight excluding hydrogens is 309 g/mol. The molecule has 0 aromatic carbocycles. The number of nitrogens with one attached hydrogen (secondary N) is 1. The molecule has 1 saturated carbocycles. The van der Waals surface area contributed by atoms with Gasteiger partial charge in [-0.05, 0) is 45.1 Å². The number of hydrogen-bond acceptors (Lipinski definition) is 3. The van der Waals surface area contributed by atoms with Crippen LogP contribution in [0, 0.1) is 5.92 Å². The lowest BCUT2D eigenvalue weighted by Crippen LogP contribution is -2.44. The Kier molecular flexibility index (Phi) is 10.6. The van der Waals surface area contributed by atoms with E-state index in [4.69, 9.17) is 5.73 Å². The number of hydrogen-bond donors (Lipinski definition) is 2. The predicted molar refractivity (Wildman–Crippen MR) is 92.3 cm³/mol. The fourth-order valence-corrected chi connectivity index (χ4v) is 3.54. The Hall–Kier alpha value is -0.0300. The van der Waals surface area contributed by atoms with Crippen LogP contribution in [0.5, 0.6) is 0 Å². The lowest BCUT2D eigenvalue weighted by molar-refractivity contribution is -0.124. The van der Waals surface area contributed by atoms with Crippen LogP contribution < -0.4 is 11.1 Å². The molecule has 1 aliphatic carbocycles. The Labute approximate surface area is 141 Å². The molecule has 0 aromatic rings. The van der Waals surface area contributed by atoms with E-state index < -0.39 is 0 Å². The van der Waals surface area contributed by atoms with Gasteiger partial charge in [0.2, 0.25) is 5.91 Å². The number of amides is 1. The lowest BCUT2D eigenvalue weighted by atomic mass is 10.0. The number of halogens is 2. The molecule has 3 unspecified atom stereocenters. The third-order valence-electron chi connectivity index (χ3n) is 4.76. The van der Waals surface area contributed by atoms with Gasteiger partial charge in [-0.2, -0.15) is 0 Å². The fourth-order valence-electron chi connectivity index (χ4n) is 3.54. The Morgan fingerprint density at radius 1 is 1.24 bits per heavy atom. The van der Waals surface area contributed by atoms with Crippen molar-refractivity contribution in [2.75, 3.05) is 19.6 Å². The van der Waals surface area contributed by atoms with Crippen molar-refractivity contribution in [1.82, 2.24) is 10.2 Å². The lowest BCUT2D eigenvalue weighted by Gasteiger charge is -2.35. The van der Waals surface area contributed by atoms with Gasteiger partial charge in [0, 0.05) is 31.1 Å². The standard InChI is InChI=1S/C15H29N3O.2ClH/c1-2-14-5-3-4-9-18(14)10-8-17-15(19)12-6-7-13(16)11-12;;/h12-14H,2-11,16H2,1H3,(H,17,19);2*1H. The maximum absolute atomic E-state index is 12.0. The Morgan fingerprint density at radius 3 is 2.62 bits per heavy atom. The zero-order chi connectivity index (χ0) is 13.7. The van der Waals surface area contributed by atoms with E-state index in [1.54, 1.807) is 0 Å². The van der Waals surface area contributed by atoms with Crippen molar-refractivity contribution in [3.8, 4) is 0 Å². The van der Waals surface area contributed by atoms with Crippen molar-refractivity contribution in [2.45, 2.75) is 64.0 Å². The molecule has 1 aliphatic heterocycles. The van der Waals surface area contributed by atoms with Gasteiger partial charge in [0.25, 0.3) is 0 Å². The zero-order valence-corrected chi connectivity index (χ0v) is 14.7. The molecule has 126 valence electrons.